The second-order valence-electron chi connectivity index (χ2n) is 5.34. The van der Waals surface area contributed by atoms with E-state index in [1.165, 1.54) is 0 Å². The standard InChI is InChI=1S/C14H19Cl2NO2/c1-9-7-11(16)12(8-10(9)15)17-6-5-13(18)19-14(2,3)4/h7-8,17H,5-6H2,1-4H3. The number of esters is 1. The van der Waals surface area contributed by atoms with Crippen LogP contribution >= 0.6 is 23.2 Å². The van der Waals surface area contributed by atoms with Crippen LogP contribution in [0.3, 0.4) is 0 Å². The monoisotopic (exact) mass is 303 g/mol. The highest BCUT2D eigenvalue weighted by atomic mass is 35.5. The van der Waals surface area contributed by atoms with Crippen molar-refractivity contribution in [2.45, 2.75) is 39.7 Å². The Balaban J connectivity index is 2.50. The molecule has 0 saturated carbocycles. The van der Waals surface area contributed by atoms with E-state index in [0.29, 0.717) is 16.6 Å². The molecule has 106 valence electrons. The fourth-order valence-electron chi connectivity index (χ4n) is 1.47. The van der Waals surface area contributed by atoms with Gasteiger partial charge in [0.1, 0.15) is 5.60 Å². The first-order valence-corrected chi connectivity index (χ1v) is 6.86. The van der Waals surface area contributed by atoms with Crippen molar-refractivity contribution in [1.29, 1.82) is 0 Å². The van der Waals surface area contributed by atoms with E-state index < -0.39 is 5.60 Å². The Morgan fingerprint density at radius 2 is 1.89 bits per heavy atom. The molecule has 5 heteroatoms. The molecule has 1 aromatic carbocycles. The summed E-state index contributed by atoms with van der Waals surface area (Å²) in [5.41, 5.74) is 1.19. The Kier molecular flexibility index (Phi) is 5.50. The van der Waals surface area contributed by atoms with Crippen LogP contribution in [0.2, 0.25) is 10.0 Å². The van der Waals surface area contributed by atoms with E-state index in [0.717, 1.165) is 11.3 Å². The molecule has 0 amide bonds. The molecule has 0 bridgehead atoms. The van der Waals surface area contributed by atoms with Crippen molar-refractivity contribution >= 4 is 34.9 Å². The Labute approximate surface area is 124 Å². The lowest BCUT2D eigenvalue weighted by molar-refractivity contribution is -0.154. The molecular formula is C14H19Cl2NO2. The van der Waals surface area contributed by atoms with Gasteiger partial charge in [0.2, 0.25) is 0 Å². The number of nitrogens with one attached hydrogen (secondary N) is 1. The predicted molar refractivity (Wildman–Crippen MR) is 80.2 cm³/mol. The molecule has 0 unspecified atom stereocenters. The molecule has 0 atom stereocenters. The average molecular weight is 304 g/mol. The third-order valence-corrected chi connectivity index (χ3v) is 3.03. The van der Waals surface area contributed by atoms with Crippen LogP contribution < -0.4 is 5.32 Å². The molecule has 0 radical (unpaired) electrons. The zero-order chi connectivity index (χ0) is 14.6. The van der Waals surface area contributed by atoms with E-state index in [4.69, 9.17) is 27.9 Å². The molecule has 19 heavy (non-hydrogen) atoms. The lowest BCUT2D eigenvalue weighted by atomic mass is 10.2. The number of ether oxygens (including phenoxy) is 1. The number of benzene rings is 1. The van der Waals surface area contributed by atoms with Gasteiger partial charge in [0.25, 0.3) is 0 Å². The minimum Gasteiger partial charge on any atom is -0.460 e. The summed E-state index contributed by atoms with van der Waals surface area (Å²) in [5.74, 6) is -0.241. The van der Waals surface area contributed by atoms with E-state index in [1.807, 2.05) is 27.7 Å². The van der Waals surface area contributed by atoms with Crippen molar-refractivity contribution in [2.24, 2.45) is 0 Å². The minimum absolute atomic E-state index is 0.241. The van der Waals surface area contributed by atoms with Gasteiger partial charge in [-0.15, -0.1) is 0 Å². The van der Waals surface area contributed by atoms with Gasteiger partial charge < -0.3 is 10.1 Å². The summed E-state index contributed by atoms with van der Waals surface area (Å²) in [5, 5.41) is 4.31. The lowest BCUT2D eigenvalue weighted by Crippen LogP contribution is -2.25. The largest absolute Gasteiger partial charge is 0.460 e. The first-order valence-electron chi connectivity index (χ1n) is 6.10. The number of anilines is 1. The van der Waals surface area contributed by atoms with Crippen molar-refractivity contribution in [3.63, 3.8) is 0 Å². The number of hydrogen-bond acceptors (Lipinski definition) is 3. The Morgan fingerprint density at radius 1 is 1.26 bits per heavy atom. The highest BCUT2D eigenvalue weighted by Gasteiger charge is 2.15. The molecule has 0 aliphatic carbocycles. The van der Waals surface area contributed by atoms with Crippen LogP contribution in [-0.4, -0.2) is 18.1 Å². The maximum absolute atomic E-state index is 11.5. The molecule has 3 nitrogen and oxygen atoms in total. The summed E-state index contributed by atoms with van der Waals surface area (Å²) in [7, 11) is 0. The number of carbonyl (C=O) groups is 1. The summed E-state index contributed by atoms with van der Waals surface area (Å²) in [6.45, 7) is 7.87. The van der Waals surface area contributed by atoms with Gasteiger partial charge in [-0.3, -0.25) is 4.79 Å². The van der Waals surface area contributed by atoms with E-state index in [-0.39, 0.29) is 12.4 Å². The number of halogens is 2. The molecule has 0 spiro atoms. The molecule has 1 N–H and O–H groups in total. The second kappa shape index (κ2) is 6.49. The first kappa shape index (κ1) is 16.1. The smallest absolute Gasteiger partial charge is 0.308 e. The molecule has 0 aromatic heterocycles. The third kappa shape index (κ3) is 5.70. The van der Waals surface area contributed by atoms with Gasteiger partial charge in [0, 0.05) is 11.6 Å². The van der Waals surface area contributed by atoms with Crippen molar-refractivity contribution in [3.8, 4) is 0 Å². The number of carbonyl (C=O) groups excluding carboxylic acids is 1. The van der Waals surface area contributed by atoms with Gasteiger partial charge in [0.15, 0.2) is 0 Å². The van der Waals surface area contributed by atoms with Crippen LogP contribution in [-0.2, 0) is 9.53 Å². The number of aryl methyl sites for hydroxylation is 1. The van der Waals surface area contributed by atoms with Crippen LogP contribution in [0.5, 0.6) is 0 Å². The van der Waals surface area contributed by atoms with Crippen molar-refractivity contribution in [2.75, 3.05) is 11.9 Å². The molecule has 0 saturated heterocycles. The summed E-state index contributed by atoms with van der Waals surface area (Å²) in [6.07, 6.45) is 0.277. The van der Waals surface area contributed by atoms with Gasteiger partial charge in [-0.2, -0.15) is 0 Å². The molecular weight excluding hydrogens is 285 g/mol. The summed E-state index contributed by atoms with van der Waals surface area (Å²) in [4.78, 5) is 11.5. The Hall–Kier alpha value is -0.930. The summed E-state index contributed by atoms with van der Waals surface area (Å²) >= 11 is 12.1. The fourth-order valence-corrected chi connectivity index (χ4v) is 1.92. The van der Waals surface area contributed by atoms with Crippen LogP contribution in [0.15, 0.2) is 12.1 Å². The SMILES string of the molecule is Cc1cc(Cl)c(NCCC(=O)OC(C)(C)C)cc1Cl. The van der Waals surface area contributed by atoms with Gasteiger partial charge in [0.05, 0.1) is 17.1 Å². The topological polar surface area (TPSA) is 38.3 Å². The van der Waals surface area contributed by atoms with Gasteiger partial charge in [-0.1, -0.05) is 23.2 Å². The van der Waals surface area contributed by atoms with Crippen molar-refractivity contribution in [1.82, 2.24) is 0 Å². The van der Waals surface area contributed by atoms with Crippen LogP contribution in [0, 0.1) is 6.92 Å². The van der Waals surface area contributed by atoms with E-state index in [1.54, 1.807) is 12.1 Å². The zero-order valence-electron chi connectivity index (χ0n) is 11.6. The van der Waals surface area contributed by atoms with Gasteiger partial charge in [-0.05, 0) is 45.4 Å². The average Bonchev–Trinajstić information content (AvgIpc) is 2.22. The minimum atomic E-state index is -0.456. The number of hydrogen-bond donors (Lipinski definition) is 1. The molecule has 0 heterocycles. The van der Waals surface area contributed by atoms with E-state index in [9.17, 15) is 4.79 Å². The van der Waals surface area contributed by atoms with Gasteiger partial charge >= 0.3 is 5.97 Å². The normalized spacial score (nSPS) is 11.3. The quantitative estimate of drug-likeness (QED) is 0.835. The predicted octanol–water partition coefficient (Wildman–Crippen LogP) is 4.45. The van der Waals surface area contributed by atoms with E-state index >= 15 is 0 Å². The summed E-state index contributed by atoms with van der Waals surface area (Å²) in [6, 6.07) is 3.55. The maximum atomic E-state index is 11.5. The molecule has 1 rings (SSSR count). The second-order valence-corrected chi connectivity index (χ2v) is 6.16. The molecule has 0 fully saturated rings. The van der Waals surface area contributed by atoms with Crippen LogP contribution in [0.4, 0.5) is 5.69 Å². The highest BCUT2D eigenvalue weighted by Crippen LogP contribution is 2.28. The van der Waals surface area contributed by atoms with Crippen molar-refractivity contribution < 1.29 is 9.53 Å². The zero-order valence-corrected chi connectivity index (χ0v) is 13.2. The number of rotatable bonds is 4. The summed E-state index contributed by atoms with van der Waals surface area (Å²) < 4.78 is 5.21. The van der Waals surface area contributed by atoms with E-state index in [2.05, 4.69) is 5.32 Å². The van der Waals surface area contributed by atoms with Crippen LogP contribution in [0.1, 0.15) is 32.8 Å². The molecule has 0 aliphatic rings. The first-order chi connectivity index (χ1) is 8.69. The van der Waals surface area contributed by atoms with Crippen LogP contribution in [0.25, 0.3) is 0 Å². The van der Waals surface area contributed by atoms with Crippen molar-refractivity contribution in [3.05, 3.63) is 27.7 Å². The Bertz CT molecular complexity index is 467. The molecule has 0 aliphatic heterocycles. The fraction of sp³-hybridized carbons (Fsp3) is 0.500. The highest BCUT2D eigenvalue weighted by molar-refractivity contribution is 6.35. The van der Waals surface area contributed by atoms with Gasteiger partial charge in [-0.25, -0.2) is 0 Å². The Morgan fingerprint density at radius 3 is 2.47 bits per heavy atom. The lowest BCUT2D eigenvalue weighted by Gasteiger charge is -2.19. The molecule has 1 aromatic rings. The third-order valence-electron chi connectivity index (χ3n) is 2.31. The maximum Gasteiger partial charge on any atom is 0.308 e.